The second-order valence-electron chi connectivity index (χ2n) is 4.89. The molecule has 3 rings (SSSR count). The zero-order chi connectivity index (χ0) is 17.2. The lowest BCUT2D eigenvalue weighted by atomic mass is 10.1. The summed E-state index contributed by atoms with van der Waals surface area (Å²) in [4.78, 5) is 4.00. The lowest BCUT2D eigenvalue weighted by Gasteiger charge is -2.17. The summed E-state index contributed by atoms with van der Waals surface area (Å²) < 4.78 is 26.1. The van der Waals surface area contributed by atoms with Gasteiger partial charge in [0.05, 0.1) is 22.5 Å². The summed E-state index contributed by atoms with van der Waals surface area (Å²) in [6, 6.07) is 14.0. The highest BCUT2D eigenvalue weighted by Crippen LogP contribution is 2.40. The molecule has 1 aromatic carbocycles. The van der Waals surface area contributed by atoms with E-state index in [0.29, 0.717) is 16.0 Å². The van der Waals surface area contributed by atoms with E-state index in [-0.39, 0.29) is 15.5 Å². The summed E-state index contributed by atoms with van der Waals surface area (Å²) in [5.41, 5.74) is 0.705. The summed E-state index contributed by atoms with van der Waals surface area (Å²) in [6.45, 7) is 7.15. The van der Waals surface area contributed by atoms with E-state index in [9.17, 15) is 8.42 Å². The molecule has 116 valence electrons. The first-order valence-corrected chi connectivity index (χ1v) is 9.24. The maximum Gasteiger partial charge on any atom is 0.269 e. The molecule has 0 saturated heterocycles. The third-order valence-electron chi connectivity index (χ3n) is 3.47. The van der Waals surface area contributed by atoms with Crippen molar-refractivity contribution in [2.75, 3.05) is 0 Å². The van der Waals surface area contributed by atoms with Gasteiger partial charge in [0, 0.05) is 4.88 Å². The van der Waals surface area contributed by atoms with Crippen LogP contribution in [0.15, 0.2) is 71.3 Å². The van der Waals surface area contributed by atoms with Crippen LogP contribution < -0.4 is 0 Å². The van der Waals surface area contributed by atoms with Crippen LogP contribution in [0.2, 0.25) is 0 Å². The summed E-state index contributed by atoms with van der Waals surface area (Å²) in [5, 5.41) is 10.9. The number of benzene rings is 1. The molecule has 0 radical (unpaired) electrons. The largest absolute Gasteiger partial charge is 0.269 e. The number of nitrogens with zero attached hydrogens (tertiary/aromatic N) is 2. The Labute approximate surface area is 144 Å². The molecule has 2 heterocycles. The molecule has 24 heavy (non-hydrogen) atoms. The van der Waals surface area contributed by atoms with Gasteiger partial charge in [-0.25, -0.2) is 18.5 Å². The standard InChI is InChI=1S/C18H10N2O2S2/c1-20-15(12-19)14-10-17(13-6-3-2-4-7-13)24(21,22)18(11-14)16-8-5-9-23-16/h2-11H/b15-14+. The number of rotatable bonds is 2. The monoisotopic (exact) mass is 350 g/mol. The first-order valence-electron chi connectivity index (χ1n) is 6.87. The average Bonchev–Trinajstić information content (AvgIpc) is 3.11. The van der Waals surface area contributed by atoms with Gasteiger partial charge in [0.1, 0.15) is 0 Å². The number of hydrogen-bond acceptors (Lipinski definition) is 4. The van der Waals surface area contributed by atoms with Crippen LogP contribution >= 0.6 is 11.3 Å². The molecule has 0 bridgehead atoms. The number of nitriles is 1. The predicted octanol–water partition coefficient (Wildman–Crippen LogP) is 4.26. The minimum absolute atomic E-state index is 0.0976. The summed E-state index contributed by atoms with van der Waals surface area (Å²) in [6.07, 6.45) is 2.81. The van der Waals surface area contributed by atoms with Crippen LogP contribution in [0.5, 0.6) is 0 Å². The van der Waals surface area contributed by atoms with Crippen LogP contribution in [-0.2, 0) is 9.84 Å². The van der Waals surface area contributed by atoms with Gasteiger partial charge in [-0.3, -0.25) is 0 Å². The second kappa shape index (κ2) is 6.29. The van der Waals surface area contributed by atoms with E-state index in [1.807, 2.05) is 6.07 Å². The van der Waals surface area contributed by atoms with E-state index in [1.165, 1.54) is 23.5 Å². The van der Waals surface area contributed by atoms with Crippen LogP contribution in [0.1, 0.15) is 10.4 Å². The fraction of sp³-hybridized carbons (Fsp3) is 0. The molecule has 1 aliphatic rings. The van der Waals surface area contributed by atoms with E-state index in [4.69, 9.17) is 11.8 Å². The normalized spacial score (nSPS) is 17.9. The van der Waals surface area contributed by atoms with Gasteiger partial charge >= 0.3 is 0 Å². The van der Waals surface area contributed by atoms with Crippen molar-refractivity contribution in [2.45, 2.75) is 0 Å². The Morgan fingerprint density at radius 3 is 2.38 bits per heavy atom. The van der Waals surface area contributed by atoms with Gasteiger partial charge in [0.25, 0.3) is 5.70 Å². The van der Waals surface area contributed by atoms with Crippen molar-refractivity contribution in [1.82, 2.24) is 0 Å². The number of allylic oxidation sites excluding steroid dienone is 4. The minimum Gasteiger partial charge on any atom is -0.226 e. The van der Waals surface area contributed by atoms with E-state index < -0.39 is 9.84 Å². The molecule has 0 unspecified atom stereocenters. The summed E-state index contributed by atoms with van der Waals surface area (Å²) in [7, 11) is -3.74. The number of hydrogen-bond donors (Lipinski definition) is 0. The fourth-order valence-electron chi connectivity index (χ4n) is 2.35. The van der Waals surface area contributed by atoms with Crippen LogP contribution in [0, 0.1) is 17.9 Å². The van der Waals surface area contributed by atoms with Gasteiger partial charge in [-0.2, -0.15) is 0 Å². The SMILES string of the molecule is [C-]#[N+]/C(C#N)=C1\C=C(c2ccccc2)S(=O)(=O)C(c2cccs2)=C1. The molecule has 0 saturated carbocycles. The van der Waals surface area contributed by atoms with Gasteiger partial charge in [-0.15, -0.1) is 11.3 Å². The van der Waals surface area contributed by atoms with Gasteiger partial charge in [0.2, 0.25) is 9.84 Å². The zero-order valence-electron chi connectivity index (χ0n) is 12.3. The van der Waals surface area contributed by atoms with Gasteiger partial charge in [-0.05, 0) is 34.7 Å². The first kappa shape index (κ1) is 15.9. The van der Waals surface area contributed by atoms with Crippen molar-refractivity contribution in [3.63, 3.8) is 0 Å². The molecule has 2 aromatic rings. The Morgan fingerprint density at radius 1 is 1.08 bits per heavy atom. The van der Waals surface area contributed by atoms with E-state index >= 15 is 0 Å². The molecule has 4 nitrogen and oxygen atoms in total. The maximum absolute atomic E-state index is 13.0. The molecule has 1 aliphatic heterocycles. The third-order valence-corrected chi connectivity index (χ3v) is 6.35. The van der Waals surface area contributed by atoms with Gasteiger partial charge < -0.3 is 0 Å². The van der Waals surface area contributed by atoms with Crippen LogP contribution in [0.4, 0.5) is 0 Å². The predicted molar refractivity (Wildman–Crippen MR) is 94.9 cm³/mol. The number of sulfone groups is 1. The van der Waals surface area contributed by atoms with Gasteiger partial charge in [-0.1, -0.05) is 36.4 Å². The minimum atomic E-state index is -3.74. The highest BCUT2D eigenvalue weighted by Gasteiger charge is 2.30. The Balaban J connectivity index is 2.33. The maximum atomic E-state index is 13.0. The molecule has 0 aliphatic carbocycles. The van der Waals surface area contributed by atoms with Crippen molar-refractivity contribution >= 4 is 31.0 Å². The first-order chi connectivity index (χ1) is 11.6. The van der Waals surface area contributed by atoms with Crippen molar-refractivity contribution in [3.8, 4) is 6.07 Å². The summed E-state index contributed by atoms with van der Waals surface area (Å²) in [5.74, 6) is 0. The Kier molecular flexibility index (Phi) is 4.18. The van der Waals surface area contributed by atoms with Crippen molar-refractivity contribution in [1.29, 1.82) is 5.26 Å². The molecule has 6 heteroatoms. The highest BCUT2D eigenvalue weighted by molar-refractivity contribution is 8.09. The molecule has 0 spiro atoms. The molecule has 0 amide bonds. The van der Waals surface area contributed by atoms with Crippen LogP contribution in [0.25, 0.3) is 14.7 Å². The Hall–Kier alpha value is -2.93. The number of thiophene rings is 1. The fourth-order valence-corrected chi connectivity index (χ4v) is 5.04. The van der Waals surface area contributed by atoms with Crippen molar-refractivity contribution < 1.29 is 8.42 Å². The summed E-state index contributed by atoms with van der Waals surface area (Å²) >= 11 is 1.30. The van der Waals surface area contributed by atoms with E-state index in [0.717, 1.165) is 0 Å². The third kappa shape index (κ3) is 2.69. The molecule has 0 atom stereocenters. The Morgan fingerprint density at radius 2 is 1.79 bits per heavy atom. The van der Waals surface area contributed by atoms with E-state index in [1.54, 1.807) is 47.8 Å². The molecule has 1 aromatic heterocycles. The average molecular weight is 350 g/mol. The zero-order valence-corrected chi connectivity index (χ0v) is 13.9. The van der Waals surface area contributed by atoms with Crippen LogP contribution in [0.3, 0.4) is 0 Å². The molecular weight excluding hydrogens is 340 g/mol. The lowest BCUT2D eigenvalue weighted by molar-refractivity contribution is 0.614. The van der Waals surface area contributed by atoms with Crippen LogP contribution in [-0.4, -0.2) is 8.42 Å². The smallest absolute Gasteiger partial charge is 0.226 e. The van der Waals surface area contributed by atoms with Crippen molar-refractivity contribution in [3.05, 3.63) is 93.1 Å². The van der Waals surface area contributed by atoms with Crippen molar-refractivity contribution in [2.24, 2.45) is 0 Å². The lowest BCUT2D eigenvalue weighted by Crippen LogP contribution is -2.10. The molecule has 0 N–H and O–H groups in total. The molecular formula is C18H10N2O2S2. The second-order valence-corrected chi connectivity index (χ2v) is 7.73. The van der Waals surface area contributed by atoms with E-state index in [2.05, 4.69) is 4.85 Å². The van der Waals surface area contributed by atoms with Gasteiger partial charge in [0.15, 0.2) is 0 Å². The Bertz CT molecular complexity index is 1040. The molecule has 0 fully saturated rings. The quantitative estimate of drug-likeness (QED) is 0.601. The topological polar surface area (TPSA) is 62.3 Å². The highest BCUT2D eigenvalue weighted by atomic mass is 32.2.